The summed E-state index contributed by atoms with van der Waals surface area (Å²) in [5, 5.41) is 0. The number of aryl methyl sites for hydroxylation is 1. The van der Waals surface area contributed by atoms with Gasteiger partial charge in [-0.3, -0.25) is 0 Å². The molecule has 0 saturated carbocycles. The minimum atomic E-state index is -0.640. The van der Waals surface area contributed by atoms with Gasteiger partial charge in [0.1, 0.15) is 0 Å². The molecule has 0 spiro atoms. The van der Waals surface area contributed by atoms with E-state index >= 15 is 0 Å². The van der Waals surface area contributed by atoms with Gasteiger partial charge in [-0.05, 0) is 68.9 Å². The Morgan fingerprint density at radius 1 is 1.00 bits per heavy atom. The average molecular weight is 389 g/mol. The maximum Gasteiger partial charge on any atom is 0.166 e. The van der Waals surface area contributed by atoms with Crippen LogP contribution in [0.2, 0.25) is 0 Å². The Bertz CT molecular complexity index is 642. The monoisotopic (exact) mass is 388 g/mol. The second kappa shape index (κ2) is 12.9. The molecule has 0 heterocycles. The van der Waals surface area contributed by atoms with Gasteiger partial charge < -0.3 is 0 Å². The molecular weight excluding hydrogens is 350 g/mol. The quantitative estimate of drug-likeness (QED) is 0.248. The van der Waals surface area contributed by atoms with Crippen molar-refractivity contribution in [3.05, 3.63) is 53.1 Å². The summed E-state index contributed by atoms with van der Waals surface area (Å²) < 4.78 is 29.2. The maximum atomic E-state index is 14.7. The predicted octanol–water partition coefficient (Wildman–Crippen LogP) is 8.80. The van der Waals surface area contributed by atoms with Crippen LogP contribution in [-0.4, -0.2) is 0 Å². The van der Waals surface area contributed by atoms with Crippen molar-refractivity contribution < 1.29 is 8.78 Å². The van der Waals surface area contributed by atoms with Crippen LogP contribution in [0.25, 0.3) is 5.57 Å². The molecule has 0 aliphatic heterocycles. The van der Waals surface area contributed by atoms with Gasteiger partial charge in [0.15, 0.2) is 11.6 Å². The molecule has 0 nitrogen and oxygen atoms in total. The third-order valence-electron chi connectivity index (χ3n) is 6.05. The summed E-state index contributed by atoms with van der Waals surface area (Å²) in [5.41, 5.74) is 2.00. The van der Waals surface area contributed by atoms with E-state index in [1.54, 1.807) is 6.07 Å². The van der Waals surface area contributed by atoms with E-state index in [9.17, 15) is 8.78 Å². The van der Waals surface area contributed by atoms with Gasteiger partial charge >= 0.3 is 0 Å². The third-order valence-corrected chi connectivity index (χ3v) is 6.05. The summed E-state index contributed by atoms with van der Waals surface area (Å²) in [6.45, 7) is 4.27. The van der Waals surface area contributed by atoms with Gasteiger partial charge in [-0.1, -0.05) is 75.8 Å². The van der Waals surface area contributed by atoms with E-state index in [0.717, 1.165) is 44.1 Å². The number of halogens is 2. The summed E-state index contributed by atoms with van der Waals surface area (Å²) in [6.07, 6.45) is 20.6. The fourth-order valence-electron chi connectivity index (χ4n) is 4.20. The highest BCUT2D eigenvalue weighted by molar-refractivity contribution is 5.67. The van der Waals surface area contributed by atoms with Crippen LogP contribution in [0.3, 0.4) is 0 Å². The van der Waals surface area contributed by atoms with Gasteiger partial charge in [0.05, 0.1) is 0 Å². The van der Waals surface area contributed by atoms with Gasteiger partial charge in [-0.2, -0.15) is 0 Å². The maximum absolute atomic E-state index is 14.7. The van der Waals surface area contributed by atoms with Gasteiger partial charge in [-0.15, -0.1) is 0 Å². The molecule has 156 valence electrons. The lowest BCUT2D eigenvalue weighted by molar-refractivity contribution is 0.451. The van der Waals surface area contributed by atoms with E-state index in [1.165, 1.54) is 38.5 Å². The fourth-order valence-corrected chi connectivity index (χ4v) is 4.20. The summed E-state index contributed by atoms with van der Waals surface area (Å²) in [6, 6.07) is 3.62. The summed E-state index contributed by atoms with van der Waals surface area (Å²) in [4.78, 5) is 0. The van der Waals surface area contributed by atoms with Crippen LogP contribution in [0.4, 0.5) is 8.78 Å². The molecule has 0 aromatic heterocycles. The number of hydrogen-bond acceptors (Lipinski definition) is 0. The molecule has 0 N–H and O–H groups in total. The van der Waals surface area contributed by atoms with E-state index in [4.69, 9.17) is 0 Å². The Kier molecular flexibility index (Phi) is 10.5. The normalized spacial score (nSPS) is 17.3. The predicted molar refractivity (Wildman–Crippen MR) is 117 cm³/mol. The first-order chi connectivity index (χ1) is 13.7. The van der Waals surface area contributed by atoms with E-state index in [0.29, 0.717) is 23.5 Å². The van der Waals surface area contributed by atoms with Crippen LogP contribution < -0.4 is 0 Å². The molecule has 0 fully saturated rings. The topological polar surface area (TPSA) is 0 Å². The first-order valence-corrected chi connectivity index (χ1v) is 11.4. The van der Waals surface area contributed by atoms with Gasteiger partial charge in [0.2, 0.25) is 0 Å². The van der Waals surface area contributed by atoms with Crippen molar-refractivity contribution in [3.8, 4) is 0 Å². The Balaban J connectivity index is 1.86. The molecule has 0 saturated heterocycles. The highest BCUT2D eigenvalue weighted by Gasteiger charge is 2.20. The van der Waals surface area contributed by atoms with Crippen LogP contribution in [0.5, 0.6) is 0 Å². The molecule has 28 heavy (non-hydrogen) atoms. The standard InChI is InChI=1S/C26H38F2/c1-3-5-7-8-9-10-12-14-23-19-20-24(26(28)25(23)27)22-17-15-21(16-18-22)13-11-6-4-2/h4,6,17,19-21H,3,5,7-16,18H2,1-2H3/b6-4+. The Labute approximate surface area is 171 Å². The molecular formula is C26H38F2. The van der Waals surface area contributed by atoms with Gasteiger partial charge in [0, 0.05) is 5.56 Å². The molecule has 0 amide bonds. The van der Waals surface area contributed by atoms with Crippen molar-refractivity contribution in [1.29, 1.82) is 0 Å². The number of unbranched alkanes of at least 4 members (excludes halogenated alkanes) is 6. The first-order valence-electron chi connectivity index (χ1n) is 11.4. The number of hydrogen-bond donors (Lipinski definition) is 0. The van der Waals surface area contributed by atoms with Gasteiger partial charge in [-0.25, -0.2) is 8.78 Å². The number of rotatable bonds is 12. The molecule has 0 radical (unpaired) electrons. The van der Waals surface area contributed by atoms with E-state index < -0.39 is 11.6 Å². The zero-order valence-electron chi connectivity index (χ0n) is 17.9. The van der Waals surface area contributed by atoms with Crippen molar-refractivity contribution >= 4 is 5.57 Å². The molecule has 1 unspecified atom stereocenters. The smallest absolute Gasteiger partial charge is 0.166 e. The summed E-state index contributed by atoms with van der Waals surface area (Å²) in [7, 11) is 0. The zero-order chi connectivity index (χ0) is 20.2. The second-order valence-corrected chi connectivity index (χ2v) is 8.29. The molecule has 1 aliphatic carbocycles. The Morgan fingerprint density at radius 2 is 1.75 bits per heavy atom. The second-order valence-electron chi connectivity index (χ2n) is 8.29. The lowest BCUT2D eigenvalue weighted by Gasteiger charge is -2.22. The van der Waals surface area contributed by atoms with E-state index in [1.807, 2.05) is 13.0 Å². The molecule has 1 aromatic carbocycles. The number of benzene rings is 1. The van der Waals surface area contributed by atoms with Crippen molar-refractivity contribution in [2.75, 3.05) is 0 Å². The van der Waals surface area contributed by atoms with E-state index in [-0.39, 0.29) is 0 Å². The highest BCUT2D eigenvalue weighted by Crippen LogP contribution is 2.34. The molecule has 2 rings (SSSR count). The lowest BCUT2D eigenvalue weighted by Crippen LogP contribution is -2.07. The zero-order valence-corrected chi connectivity index (χ0v) is 17.9. The summed E-state index contributed by atoms with van der Waals surface area (Å²) in [5.74, 6) is -0.594. The Hall–Kier alpha value is -1.44. The molecule has 1 atom stereocenters. The van der Waals surface area contributed by atoms with Crippen LogP contribution in [0.1, 0.15) is 102 Å². The first kappa shape index (κ1) is 22.8. The SMILES string of the molecule is C/C=C/CCC1CC=C(c2ccc(CCCCCCCCC)c(F)c2F)CC1. The van der Waals surface area contributed by atoms with Crippen molar-refractivity contribution in [2.24, 2.45) is 5.92 Å². The van der Waals surface area contributed by atoms with Crippen molar-refractivity contribution in [3.63, 3.8) is 0 Å². The minimum Gasteiger partial charge on any atom is -0.203 e. The van der Waals surface area contributed by atoms with Crippen molar-refractivity contribution in [1.82, 2.24) is 0 Å². The average Bonchev–Trinajstić information content (AvgIpc) is 2.71. The molecule has 2 heteroatoms. The Morgan fingerprint density at radius 3 is 2.43 bits per heavy atom. The van der Waals surface area contributed by atoms with Crippen LogP contribution >= 0.6 is 0 Å². The minimum absolute atomic E-state index is 0.479. The molecule has 0 bridgehead atoms. The van der Waals surface area contributed by atoms with Crippen molar-refractivity contribution in [2.45, 2.75) is 97.3 Å². The fraction of sp³-hybridized carbons (Fsp3) is 0.615. The van der Waals surface area contributed by atoms with E-state index in [2.05, 4.69) is 25.2 Å². The lowest BCUT2D eigenvalue weighted by atomic mass is 9.84. The number of allylic oxidation sites excluding steroid dienone is 4. The van der Waals surface area contributed by atoms with Crippen LogP contribution in [0, 0.1) is 17.6 Å². The van der Waals surface area contributed by atoms with Gasteiger partial charge in [0.25, 0.3) is 0 Å². The summed E-state index contributed by atoms with van der Waals surface area (Å²) >= 11 is 0. The van der Waals surface area contributed by atoms with Crippen LogP contribution in [0.15, 0.2) is 30.4 Å². The highest BCUT2D eigenvalue weighted by atomic mass is 19.2. The molecule has 1 aliphatic rings. The van der Waals surface area contributed by atoms with Crippen LogP contribution in [-0.2, 0) is 6.42 Å². The molecule has 1 aromatic rings. The third kappa shape index (κ3) is 7.18. The largest absolute Gasteiger partial charge is 0.203 e.